The van der Waals surface area contributed by atoms with E-state index in [4.69, 9.17) is 9.47 Å². The lowest BCUT2D eigenvalue weighted by Crippen LogP contribution is -2.27. The lowest BCUT2D eigenvalue weighted by molar-refractivity contribution is 0.0953. The Balaban J connectivity index is 1.90. The van der Waals surface area contributed by atoms with Crippen LogP contribution in [0.5, 0.6) is 11.5 Å². The summed E-state index contributed by atoms with van der Waals surface area (Å²) in [6, 6.07) is 5.72. The maximum absolute atomic E-state index is 12.2. The van der Waals surface area contributed by atoms with Gasteiger partial charge in [-0.2, -0.15) is 0 Å². The van der Waals surface area contributed by atoms with Gasteiger partial charge in [-0.05, 0) is 38.0 Å². The molecule has 0 aliphatic carbocycles. The van der Waals surface area contributed by atoms with E-state index < -0.39 is 0 Å². The highest BCUT2D eigenvalue weighted by atomic mass is 16.5. The Kier molecular flexibility index (Phi) is 7.20. The molecule has 0 saturated carbocycles. The molecule has 0 unspecified atom stereocenters. The monoisotopic (exact) mass is 358 g/mol. The lowest BCUT2D eigenvalue weighted by atomic mass is 10.1. The number of carbonyl (C=O) groups excluding carboxylic acids is 1. The third kappa shape index (κ3) is 4.84. The molecule has 0 aliphatic rings. The first-order valence-corrected chi connectivity index (χ1v) is 8.69. The number of aromatic nitrogens is 2. The molecule has 7 nitrogen and oxygen atoms in total. The summed E-state index contributed by atoms with van der Waals surface area (Å²) in [5, 5.41) is 2.89. The van der Waals surface area contributed by atoms with Crippen LogP contribution in [-0.2, 0) is 6.42 Å². The molecule has 1 heterocycles. The predicted octanol–water partition coefficient (Wildman–Crippen LogP) is 2.31. The van der Waals surface area contributed by atoms with Crippen LogP contribution in [0.25, 0.3) is 0 Å². The SMILES string of the molecule is CCN(CC)c1ncc(C(=O)NCCc2ccc(OC)c(OC)c2)cn1. The normalized spacial score (nSPS) is 10.3. The first kappa shape index (κ1) is 19.5. The van der Waals surface area contributed by atoms with Gasteiger partial charge in [0.05, 0.1) is 19.8 Å². The van der Waals surface area contributed by atoms with Crippen LogP contribution in [0.15, 0.2) is 30.6 Å². The van der Waals surface area contributed by atoms with Gasteiger partial charge in [0, 0.05) is 32.0 Å². The molecule has 1 aromatic heterocycles. The summed E-state index contributed by atoms with van der Waals surface area (Å²) in [5.74, 6) is 1.82. The Labute approximate surface area is 154 Å². The van der Waals surface area contributed by atoms with Gasteiger partial charge >= 0.3 is 0 Å². The fraction of sp³-hybridized carbons (Fsp3) is 0.421. The smallest absolute Gasteiger partial charge is 0.254 e. The van der Waals surface area contributed by atoms with Crippen LogP contribution in [-0.4, -0.2) is 49.7 Å². The quantitative estimate of drug-likeness (QED) is 0.741. The van der Waals surface area contributed by atoms with Crippen LogP contribution in [0.1, 0.15) is 29.8 Å². The first-order valence-electron chi connectivity index (χ1n) is 8.69. The van der Waals surface area contributed by atoms with E-state index in [-0.39, 0.29) is 5.91 Å². The highest BCUT2D eigenvalue weighted by molar-refractivity contribution is 5.93. The molecule has 1 aromatic carbocycles. The number of nitrogens with one attached hydrogen (secondary N) is 1. The van der Waals surface area contributed by atoms with E-state index in [1.807, 2.05) is 36.9 Å². The topological polar surface area (TPSA) is 76.6 Å². The van der Waals surface area contributed by atoms with Crippen LogP contribution in [0.2, 0.25) is 0 Å². The van der Waals surface area contributed by atoms with Crippen molar-refractivity contribution >= 4 is 11.9 Å². The van der Waals surface area contributed by atoms with Gasteiger partial charge in [-0.3, -0.25) is 4.79 Å². The second-order valence-corrected chi connectivity index (χ2v) is 5.64. The third-order valence-electron chi connectivity index (χ3n) is 4.09. The Morgan fingerprint density at radius 3 is 2.31 bits per heavy atom. The minimum atomic E-state index is -0.184. The van der Waals surface area contributed by atoms with E-state index in [9.17, 15) is 4.79 Å². The molecule has 2 aromatic rings. The zero-order valence-corrected chi connectivity index (χ0v) is 15.8. The maximum Gasteiger partial charge on any atom is 0.254 e. The van der Waals surface area contributed by atoms with Gasteiger partial charge in [0.25, 0.3) is 5.91 Å². The second-order valence-electron chi connectivity index (χ2n) is 5.64. The number of hydrogen-bond donors (Lipinski definition) is 1. The van der Waals surface area contributed by atoms with Crippen molar-refractivity contribution in [3.8, 4) is 11.5 Å². The van der Waals surface area contributed by atoms with E-state index >= 15 is 0 Å². The lowest BCUT2D eigenvalue weighted by Gasteiger charge is -2.18. The Morgan fingerprint density at radius 1 is 1.08 bits per heavy atom. The Morgan fingerprint density at radius 2 is 1.73 bits per heavy atom. The standard InChI is InChI=1S/C19H26N4O3/c1-5-23(6-2)19-21-12-15(13-22-19)18(24)20-10-9-14-7-8-16(25-3)17(11-14)26-4/h7-8,11-13H,5-6,9-10H2,1-4H3,(H,20,24). The molecule has 0 aliphatic heterocycles. The number of nitrogens with zero attached hydrogens (tertiary/aromatic N) is 3. The molecule has 0 atom stereocenters. The van der Waals surface area contributed by atoms with Crippen LogP contribution in [0.4, 0.5) is 5.95 Å². The van der Waals surface area contributed by atoms with Gasteiger partial charge in [-0.1, -0.05) is 6.07 Å². The number of amides is 1. The molecular weight excluding hydrogens is 332 g/mol. The summed E-state index contributed by atoms with van der Waals surface area (Å²) in [6.45, 7) is 6.25. The van der Waals surface area contributed by atoms with Crippen molar-refractivity contribution < 1.29 is 14.3 Å². The minimum absolute atomic E-state index is 0.184. The number of anilines is 1. The van der Waals surface area contributed by atoms with E-state index in [0.717, 1.165) is 18.7 Å². The summed E-state index contributed by atoms with van der Waals surface area (Å²) in [5.41, 5.74) is 1.50. The number of rotatable bonds is 9. The summed E-state index contributed by atoms with van der Waals surface area (Å²) < 4.78 is 10.5. The summed E-state index contributed by atoms with van der Waals surface area (Å²) in [7, 11) is 3.20. The fourth-order valence-electron chi connectivity index (χ4n) is 2.57. The van der Waals surface area contributed by atoms with Gasteiger partial charge < -0.3 is 19.7 Å². The average molecular weight is 358 g/mol. The average Bonchev–Trinajstić information content (AvgIpc) is 2.69. The number of methoxy groups -OCH3 is 2. The number of carbonyl (C=O) groups is 1. The summed E-state index contributed by atoms with van der Waals surface area (Å²) in [6.07, 6.45) is 3.81. The highest BCUT2D eigenvalue weighted by Crippen LogP contribution is 2.27. The summed E-state index contributed by atoms with van der Waals surface area (Å²) >= 11 is 0. The summed E-state index contributed by atoms with van der Waals surface area (Å²) in [4.78, 5) is 22.8. The van der Waals surface area contributed by atoms with Crippen molar-refractivity contribution in [1.82, 2.24) is 15.3 Å². The van der Waals surface area contributed by atoms with Crippen molar-refractivity contribution in [2.24, 2.45) is 0 Å². The Hall–Kier alpha value is -2.83. The predicted molar refractivity (Wildman–Crippen MR) is 101 cm³/mol. The molecule has 1 N–H and O–H groups in total. The first-order chi connectivity index (χ1) is 12.6. The zero-order valence-electron chi connectivity index (χ0n) is 15.8. The molecule has 0 radical (unpaired) electrons. The largest absolute Gasteiger partial charge is 0.493 e. The fourth-order valence-corrected chi connectivity index (χ4v) is 2.57. The molecular formula is C19H26N4O3. The van der Waals surface area contributed by atoms with E-state index in [1.165, 1.54) is 0 Å². The van der Waals surface area contributed by atoms with Gasteiger partial charge in [0.2, 0.25) is 5.95 Å². The van der Waals surface area contributed by atoms with E-state index in [0.29, 0.717) is 36.0 Å². The molecule has 26 heavy (non-hydrogen) atoms. The minimum Gasteiger partial charge on any atom is -0.493 e. The van der Waals surface area contributed by atoms with Gasteiger partial charge in [0.15, 0.2) is 11.5 Å². The number of benzene rings is 1. The van der Waals surface area contributed by atoms with Crippen LogP contribution in [0, 0.1) is 0 Å². The van der Waals surface area contributed by atoms with Crippen LogP contribution >= 0.6 is 0 Å². The molecule has 0 saturated heterocycles. The molecule has 0 bridgehead atoms. The molecule has 1 amide bonds. The van der Waals surface area contributed by atoms with E-state index in [2.05, 4.69) is 15.3 Å². The van der Waals surface area contributed by atoms with Crippen molar-refractivity contribution in [1.29, 1.82) is 0 Å². The number of hydrogen-bond acceptors (Lipinski definition) is 6. The maximum atomic E-state index is 12.2. The van der Waals surface area contributed by atoms with Crippen LogP contribution in [0.3, 0.4) is 0 Å². The van der Waals surface area contributed by atoms with Crippen molar-refractivity contribution in [3.63, 3.8) is 0 Å². The van der Waals surface area contributed by atoms with Crippen molar-refractivity contribution in [2.75, 3.05) is 38.8 Å². The van der Waals surface area contributed by atoms with Crippen LogP contribution < -0.4 is 19.7 Å². The second kappa shape index (κ2) is 9.60. The molecule has 7 heteroatoms. The van der Waals surface area contributed by atoms with Gasteiger partial charge in [-0.15, -0.1) is 0 Å². The van der Waals surface area contributed by atoms with Gasteiger partial charge in [-0.25, -0.2) is 9.97 Å². The van der Waals surface area contributed by atoms with Gasteiger partial charge in [0.1, 0.15) is 0 Å². The zero-order chi connectivity index (χ0) is 18.9. The highest BCUT2D eigenvalue weighted by Gasteiger charge is 2.10. The number of ether oxygens (including phenoxy) is 2. The molecule has 0 fully saturated rings. The Bertz CT molecular complexity index is 715. The molecule has 0 spiro atoms. The third-order valence-corrected chi connectivity index (χ3v) is 4.09. The molecule has 140 valence electrons. The molecule has 2 rings (SSSR count). The van der Waals surface area contributed by atoms with Crippen molar-refractivity contribution in [3.05, 3.63) is 41.7 Å². The van der Waals surface area contributed by atoms with Crippen molar-refractivity contribution in [2.45, 2.75) is 20.3 Å². The van der Waals surface area contributed by atoms with E-state index in [1.54, 1.807) is 26.6 Å².